The maximum absolute atomic E-state index is 16.5. The third-order valence-electron chi connectivity index (χ3n) is 15.5. The van der Waals surface area contributed by atoms with Gasteiger partial charge in [-0.3, -0.25) is 24.1 Å². The number of hydrogen-bond donors (Lipinski definition) is 0. The molecular formula is C52H70N4O10. The summed E-state index contributed by atoms with van der Waals surface area (Å²) in [5, 5.41) is 0. The van der Waals surface area contributed by atoms with Crippen LogP contribution < -0.4 is 14.2 Å². The first-order valence-electron chi connectivity index (χ1n) is 23.9. The number of ketones is 2. The predicted molar refractivity (Wildman–Crippen MR) is 250 cm³/mol. The molecule has 4 bridgehead atoms. The molecule has 0 N–H and O–H groups in total. The standard InChI is InChI=1S/C52H70N4O10/c1-31(2)13-12-18-50(8)19-17-35-44(64-50)34(15-14-32(3)4)46-40(45(35)63-39(58)30-38(57)55-25-21-53(9)22-26-55)43(59)41-42(56-27-23-54(10)24-28-56)36-29-37-49(6,7)66-51(47(36)60,52(37,41)65-46)20-16-33(5)48(61)62-11/h13-14,16-17,19,36-37,41-42H,12,15,18,20-30H2,1-11H3. The van der Waals surface area contributed by atoms with Crippen LogP contribution >= 0.6 is 0 Å². The molecule has 8 aliphatic rings. The molecule has 14 heteroatoms. The zero-order valence-electron chi connectivity index (χ0n) is 41.0. The first-order chi connectivity index (χ1) is 31.2. The van der Waals surface area contributed by atoms with Crippen molar-refractivity contribution < 1.29 is 47.7 Å². The summed E-state index contributed by atoms with van der Waals surface area (Å²) in [6.45, 7) is 20.9. The van der Waals surface area contributed by atoms with E-state index in [-0.39, 0.29) is 41.0 Å². The molecule has 0 radical (unpaired) electrons. The highest BCUT2D eigenvalue weighted by Crippen LogP contribution is 2.71. The predicted octanol–water partition coefficient (Wildman–Crippen LogP) is 6.00. The molecule has 66 heavy (non-hydrogen) atoms. The zero-order chi connectivity index (χ0) is 47.7. The smallest absolute Gasteiger partial charge is 0.333 e. The van der Waals surface area contributed by atoms with E-state index in [0.717, 1.165) is 25.1 Å². The van der Waals surface area contributed by atoms with Gasteiger partial charge in [-0.25, -0.2) is 4.79 Å². The van der Waals surface area contributed by atoms with Gasteiger partial charge in [0.05, 0.1) is 24.2 Å². The summed E-state index contributed by atoms with van der Waals surface area (Å²) in [4.78, 5) is 81.3. The Labute approximate surface area is 390 Å². The molecule has 9 rings (SSSR count). The Morgan fingerprint density at radius 2 is 1.50 bits per heavy atom. The number of amides is 1. The summed E-state index contributed by atoms with van der Waals surface area (Å²) in [5.41, 5.74) is -1.29. The van der Waals surface area contributed by atoms with Crippen LogP contribution in [0.5, 0.6) is 17.2 Å². The van der Waals surface area contributed by atoms with Crippen molar-refractivity contribution >= 4 is 35.5 Å². The van der Waals surface area contributed by atoms with Gasteiger partial charge < -0.3 is 38.4 Å². The molecule has 1 aromatic rings. The number of benzene rings is 1. The largest absolute Gasteiger partial charge is 0.482 e. The van der Waals surface area contributed by atoms with Crippen molar-refractivity contribution in [1.82, 2.24) is 19.6 Å². The quantitative estimate of drug-likeness (QED) is 0.0797. The first kappa shape index (κ1) is 47.8. The summed E-state index contributed by atoms with van der Waals surface area (Å²) in [5.74, 6) is -3.47. The van der Waals surface area contributed by atoms with Crippen LogP contribution in [0.25, 0.3) is 6.08 Å². The maximum Gasteiger partial charge on any atom is 0.333 e. The molecule has 3 saturated heterocycles. The third-order valence-corrected chi connectivity index (χ3v) is 15.5. The Morgan fingerprint density at radius 3 is 2.14 bits per heavy atom. The van der Waals surface area contributed by atoms with Gasteiger partial charge in [-0.05, 0) is 107 Å². The number of methoxy groups -OCH3 is 1. The van der Waals surface area contributed by atoms with Crippen molar-refractivity contribution in [3.05, 3.63) is 57.7 Å². The van der Waals surface area contributed by atoms with E-state index in [9.17, 15) is 14.4 Å². The lowest BCUT2D eigenvalue weighted by atomic mass is 9.44. The number of Topliss-reactive ketones (excluding diaryl/α,β-unsaturated/α-hetero) is 2. The fourth-order valence-electron chi connectivity index (χ4n) is 12.0. The van der Waals surface area contributed by atoms with Crippen LogP contribution in [0.2, 0.25) is 0 Å². The first-order valence-corrected chi connectivity index (χ1v) is 23.9. The van der Waals surface area contributed by atoms with Crippen molar-refractivity contribution in [1.29, 1.82) is 0 Å². The Morgan fingerprint density at radius 1 is 0.848 bits per heavy atom. The molecule has 6 fully saturated rings. The minimum atomic E-state index is -1.67. The number of rotatable bonds is 12. The molecular weight excluding hydrogens is 841 g/mol. The normalized spacial score (nSPS) is 31.3. The van der Waals surface area contributed by atoms with Crippen molar-refractivity contribution in [2.45, 2.75) is 122 Å². The molecule has 0 aromatic heterocycles. The van der Waals surface area contributed by atoms with E-state index in [1.54, 1.807) is 17.9 Å². The molecule has 1 aromatic carbocycles. The highest BCUT2D eigenvalue weighted by molar-refractivity contribution is 6.11. The van der Waals surface area contributed by atoms with E-state index in [1.165, 1.54) is 12.7 Å². The van der Waals surface area contributed by atoms with Gasteiger partial charge in [0.25, 0.3) is 0 Å². The van der Waals surface area contributed by atoms with Crippen LogP contribution in [-0.2, 0) is 35.1 Å². The Balaban J connectivity index is 1.36. The molecule has 1 spiro atoms. The second-order valence-electron chi connectivity index (χ2n) is 21.1. The summed E-state index contributed by atoms with van der Waals surface area (Å²) < 4.78 is 33.6. The van der Waals surface area contributed by atoms with Crippen LogP contribution in [0.3, 0.4) is 0 Å². The SMILES string of the molecule is COC(=O)C(C)=CCC12OC(C)(C)C3CC(C1=O)C(N1CCN(C)CC1)C1C(=O)c4c(OC(=O)CC(=O)N5CCN(C)CC5)c5c(c(CC=C(C)C)c4OC132)OC(C)(CCC=C(C)C)C=C5. The van der Waals surface area contributed by atoms with Gasteiger partial charge in [-0.1, -0.05) is 29.4 Å². The number of esters is 2. The number of carbonyl (C=O) groups excluding carboxylic acids is 5. The molecule has 3 saturated carbocycles. The minimum absolute atomic E-state index is 0.00696. The van der Waals surface area contributed by atoms with E-state index >= 15 is 9.59 Å². The van der Waals surface area contributed by atoms with Crippen LogP contribution in [0.4, 0.5) is 0 Å². The number of nitrogens with zero attached hydrogens (tertiary/aromatic N) is 4. The van der Waals surface area contributed by atoms with E-state index < -0.39 is 64.6 Å². The number of carbonyl (C=O) groups is 5. The number of ether oxygens (including phenoxy) is 5. The topological polar surface area (TPSA) is 144 Å². The van der Waals surface area contributed by atoms with E-state index in [4.69, 9.17) is 23.7 Å². The third kappa shape index (κ3) is 8.06. The van der Waals surface area contributed by atoms with Crippen LogP contribution in [0.1, 0.15) is 109 Å². The van der Waals surface area contributed by atoms with Crippen molar-refractivity contribution in [2.24, 2.45) is 17.8 Å². The zero-order valence-corrected chi connectivity index (χ0v) is 41.0. The van der Waals surface area contributed by atoms with Gasteiger partial charge in [0.15, 0.2) is 28.5 Å². The van der Waals surface area contributed by atoms with E-state index in [0.29, 0.717) is 81.0 Å². The van der Waals surface area contributed by atoms with Gasteiger partial charge in [0.1, 0.15) is 29.1 Å². The van der Waals surface area contributed by atoms with Gasteiger partial charge >= 0.3 is 11.9 Å². The summed E-state index contributed by atoms with van der Waals surface area (Å²) in [6, 6.07) is -0.552. The fourth-order valence-corrected chi connectivity index (χ4v) is 12.0. The van der Waals surface area contributed by atoms with E-state index in [1.807, 2.05) is 53.8 Å². The second-order valence-corrected chi connectivity index (χ2v) is 21.1. The summed E-state index contributed by atoms with van der Waals surface area (Å²) >= 11 is 0. The lowest BCUT2D eigenvalue weighted by Crippen LogP contribution is -2.82. The minimum Gasteiger partial charge on any atom is -0.482 e. The van der Waals surface area contributed by atoms with Gasteiger partial charge in [-0.15, -0.1) is 0 Å². The highest BCUT2D eigenvalue weighted by atomic mass is 16.6. The Hall–Kier alpha value is -4.63. The molecule has 7 unspecified atom stereocenters. The van der Waals surface area contributed by atoms with Crippen LogP contribution in [0, 0.1) is 17.8 Å². The lowest BCUT2D eigenvalue weighted by Gasteiger charge is -2.65. The van der Waals surface area contributed by atoms with Gasteiger partial charge in [-0.2, -0.15) is 0 Å². The Kier molecular flexibility index (Phi) is 12.9. The number of hydrogen-bond acceptors (Lipinski definition) is 13. The van der Waals surface area contributed by atoms with Crippen molar-refractivity contribution in [2.75, 3.05) is 73.6 Å². The van der Waals surface area contributed by atoms with Crippen LogP contribution in [-0.4, -0.2) is 151 Å². The molecule has 14 nitrogen and oxygen atoms in total. The molecule has 3 aliphatic carbocycles. The number of piperazine rings is 2. The van der Waals surface area contributed by atoms with Crippen molar-refractivity contribution in [3.8, 4) is 17.2 Å². The monoisotopic (exact) mass is 911 g/mol. The van der Waals surface area contributed by atoms with Crippen LogP contribution in [0.15, 0.2) is 41.0 Å². The number of fused-ring (bicyclic) bond motifs is 2. The van der Waals surface area contributed by atoms with Gasteiger partial charge in [0.2, 0.25) is 5.91 Å². The summed E-state index contributed by atoms with van der Waals surface area (Å²) in [7, 11) is 5.38. The van der Waals surface area contributed by atoms with Crippen molar-refractivity contribution in [3.63, 3.8) is 0 Å². The molecule has 5 heterocycles. The second kappa shape index (κ2) is 17.8. The average molecular weight is 911 g/mol. The number of likely N-dealkylation sites (N-methyl/N-ethyl adjacent to an activating group) is 2. The highest BCUT2D eigenvalue weighted by Gasteiger charge is 2.86. The summed E-state index contributed by atoms with van der Waals surface area (Å²) in [6.07, 6.45) is 11.4. The maximum atomic E-state index is 16.5. The molecule has 5 aliphatic heterocycles. The molecule has 7 atom stereocenters. The lowest BCUT2D eigenvalue weighted by molar-refractivity contribution is -0.214. The Bertz CT molecular complexity index is 2310. The van der Waals surface area contributed by atoms with Gasteiger partial charge in [0, 0.05) is 87.8 Å². The average Bonchev–Trinajstić information content (AvgIpc) is 3.40. The van der Waals surface area contributed by atoms with E-state index in [2.05, 4.69) is 47.7 Å². The fraction of sp³-hybridized carbons (Fsp3) is 0.635. The number of allylic oxidation sites excluding steroid dienone is 4. The molecule has 1 amide bonds. The molecule has 358 valence electrons.